The van der Waals surface area contributed by atoms with Gasteiger partial charge in [-0.3, -0.25) is 4.79 Å². The lowest BCUT2D eigenvalue weighted by molar-refractivity contribution is 0.102. The van der Waals surface area contributed by atoms with Crippen LogP contribution in [0.1, 0.15) is 21.9 Å². The molecule has 0 fully saturated rings. The van der Waals surface area contributed by atoms with Gasteiger partial charge in [0.05, 0.1) is 0 Å². The van der Waals surface area contributed by atoms with Crippen molar-refractivity contribution in [2.24, 2.45) is 0 Å². The number of carbonyl (C=O) groups is 1. The Kier molecular flexibility index (Phi) is 3.45. The second-order valence-corrected chi connectivity index (χ2v) is 4.10. The molecule has 0 saturated carbocycles. The number of ketones is 1. The summed E-state index contributed by atoms with van der Waals surface area (Å²) in [5, 5.41) is 0.676. The molecule has 86 valence electrons. The van der Waals surface area contributed by atoms with E-state index >= 15 is 0 Å². The molecular formula is C14H11ClO2. The number of benzene rings is 1. The Balaban J connectivity index is 2.10. The SMILES string of the molecule is Cc1ccc(C(=O)/C=C/c2ccc(Cl)cc2)o1. The van der Waals surface area contributed by atoms with Crippen LogP contribution in [0.25, 0.3) is 6.08 Å². The van der Waals surface area contributed by atoms with E-state index in [1.54, 1.807) is 37.3 Å². The van der Waals surface area contributed by atoms with Crippen LogP contribution < -0.4 is 0 Å². The molecule has 3 heteroatoms. The normalized spacial score (nSPS) is 10.9. The lowest BCUT2D eigenvalue weighted by Gasteiger charge is -1.93. The highest BCUT2D eigenvalue weighted by Gasteiger charge is 2.05. The molecule has 0 unspecified atom stereocenters. The van der Waals surface area contributed by atoms with Gasteiger partial charge in [-0.05, 0) is 42.8 Å². The van der Waals surface area contributed by atoms with Gasteiger partial charge >= 0.3 is 0 Å². The minimum atomic E-state index is -0.145. The zero-order valence-electron chi connectivity index (χ0n) is 9.31. The molecule has 1 aromatic heterocycles. The molecule has 17 heavy (non-hydrogen) atoms. The molecule has 0 amide bonds. The summed E-state index contributed by atoms with van der Waals surface area (Å²) in [6.45, 7) is 1.81. The Morgan fingerprint density at radius 2 is 1.88 bits per heavy atom. The number of aryl methyl sites for hydroxylation is 1. The highest BCUT2D eigenvalue weighted by atomic mass is 35.5. The number of allylic oxidation sites excluding steroid dienone is 1. The highest BCUT2D eigenvalue weighted by Crippen LogP contribution is 2.12. The summed E-state index contributed by atoms with van der Waals surface area (Å²) >= 11 is 5.77. The first kappa shape index (κ1) is 11.7. The minimum absolute atomic E-state index is 0.145. The van der Waals surface area contributed by atoms with E-state index in [2.05, 4.69) is 0 Å². The Morgan fingerprint density at radius 1 is 1.18 bits per heavy atom. The van der Waals surface area contributed by atoms with Crippen LogP contribution in [-0.2, 0) is 0 Å². The molecule has 1 aromatic carbocycles. The van der Waals surface area contributed by atoms with E-state index in [1.165, 1.54) is 6.08 Å². The van der Waals surface area contributed by atoms with Crippen LogP contribution in [0.5, 0.6) is 0 Å². The fraction of sp³-hybridized carbons (Fsp3) is 0.0714. The number of hydrogen-bond donors (Lipinski definition) is 0. The summed E-state index contributed by atoms with van der Waals surface area (Å²) in [6, 6.07) is 10.7. The first-order chi connectivity index (χ1) is 8.15. The maximum Gasteiger partial charge on any atom is 0.221 e. The van der Waals surface area contributed by atoms with Crippen molar-refractivity contribution < 1.29 is 9.21 Å². The summed E-state index contributed by atoms with van der Waals surface area (Å²) in [7, 11) is 0. The third kappa shape index (κ3) is 3.08. The second kappa shape index (κ2) is 5.02. The maximum atomic E-state index is 11.7. The van der Waals surface area contributed by atoms with E-state index in [1.807, 2.05) is 12.1 Å². The molecule has 0 aliphatic carbocycles. The second-order valence-electron chi connectivity index (χ2n) is 3.66. The maximum absolute atomic E-state index is 11.7. The lowest BCUT2D eigenvalue weighted by atomic mass is 10.2. The van der Waals surface area contributed by atoms with E-state index in [9.17, 15) is 4.79 Å². The average Bonchev–Trinajstić information content (AvgIpc) is 2.75. The summed E-state index contributed by atoms with van der Waals surface area (Å²) in [5.41, 5.74) is 0.922. The number of furan rings is 1. The van der Waals surface area contributed by atoms with Crippen molar-refractivity contribution in [2.45, 2.75) is 6.92 Å². The number of rotatable bonds is 3. The fourth-order valence-electron chi connectivity index (χ4n) is 1.39. The molecule has 1 heterocycles. The van der Waals surface area contributed by atoms with E-state index in [0.29, 0.717) is 10.8 Å². The largest absolute Gasteiger partial charge is 0.458 e. The number of halogens is 1. The van der Waals surface area contributed by atoms with Gasteiger partial charge in [-0.15, -0.1) is 0 Å². The number of hydrogen-bond acceptors (Lipinski definition) is 2. The van der Waals surface area contributed by atoms with Crippen LogP contribution in [0.4, 0.5) is 0 Å². The van der Waals surface area contributed by atoms with Gasteiger partial charge in [-0.25, -0.2) is 0 Å². The van der Waals surface area contributed by atoms with Crippen LogP contribution in [0.3, 0.4) is 0 Å². The predicted molar refractivity (Wildman–Crippen MR) is 68.3 cm³/mol. The van der Waals surface area contributed by atoms with E-state index in [-0.39, 0.29) is 5.78 Å². The molecular weight excluding hydrogens is 236 g/mol. The standard InChI is InChI=1S/C14H11ClO2/c1-10-2-9-14(17-10)13(16)8-5-11-3-6-12(15)7-4-11/h2-9H,1H3/b8-5+. The third-order valence-electron chi connectivity index (χ3n) is 2.28. The Hall–Kier alpha value is -1.80. The van der Waals surface area contributed by atoms with E-state index in [0.717, 1.165) is 11.3 Å². The van der Waals surface area contributed by atoms with Crippen LogP contribution in [0, 0.1) is 6.92 Å². The zero-order chi connectivity index (χ0) is 12.3. The van der Waals surface area contributed by atoms with Gasteiger partial charge in [-0.1, -0.05) is 29.8 Å². The van der Waals surface area contributed by atoms with Gasteiger partial charge in [0.25, 0.3) is 0 Å². The van der Waals surface area contributed by atoms with Gasteiger partial charge in [-0.2, -0.15) is 0 Å². The van der Waals surface area contributed by atoms with Crippen molar-refractivity contribution in [3.63, 3.8) is 0 Å². The molecule has 0 aliphatic rings. The molecule has 2 rings (SSSR count). The Labute approximate surface area is 105 Å². The third-order valence-corrected chi connectivity index (χ3v) is 2.53. The molecule has 0 saturated heterocycles. The van der Waals surface area contributed by atoms with Gasteiger partial charge in [0.1, 0.15) is 5.76 Å². The van der Waals surface area contributed by atoms with Gasteiger partial charge in [0.2, 0.25) is 5.78 Å². The van der Waals surface area contributed by atoms with Crippen LogP contribution >= 0.6 is 11.6 Å². The van der Waals surface area contributed by atoms with Crippen LogP contribution in [-0.4, -0.2) is 5.78 Å². The molecule has 0 aliphatic heterocycles. The van der Waals surface area contributed by atoms with Crippen molar-refractivity contribution in [1.82, 2.24) is 0 Å². The summed E-state index contributed by atoms with van der Waals surface area (Å²) in [6.07, 6.45) is 3.22. The first-order valence-electron chi connectivity index (χ1n) is 5.19. The molecule has 0 radical (unpaired) electrons. The van der Waals surface area contributed by atoms with Crippen molar-refractivity contribution in [3.05, 3.63) is 64.6 Å². The van der Waals surface area contributed by atoms with E-state index < -0.39 is 0 Å². The molecule has 0 spiro atoms. The zero-order valence-corrected chi connectivity index (χ0v) is 10.1. The molecule has 2 nitrogen and oxygen atoms in total. The predicted octanol–water partition coefficient (Wildman–Crippen LogP) is 4.14. The summed E-state index contributed by atoms with van der Waals surface area (Å²) in [5.74, 6) is 0.939. The number of carbonyl (C=O) groups excluding carboxylic acids is 1. The monoisotopic (exact) mass is 246 g/mol. The lowest BCUT2D eigenvalue weighted by Crippen LogP contribution is -1.90. The van der Waals surface area contributed by atoms with Crippen molar-refractivity contribution in [2.75, 3.05) is 0 Å². The molecule has 0 atom stereocenters. The first-order valence-corrected chi connectivity index (χ1v) is 5.57. The summed E-state index contributed by atoms with van der Waals surface area (Å²) in [4.78, 5) is 11.7. The van der Waals surface area contributed by atoms with Crippen molar-refractivity contribution in [3.8, 4) is 0 Å². The Bertz CT molecular complexity index is 550. The van der Waals surface area contributed by atoms with E-state index in [4.69, 9.17) is 16.0 Å². The van der Waals surface area contributed by atoms with Gasteiger partial charge in [0.15, 0.2) is 5.76 Å². The van der Waals surface area contributed by atoms with Crippen LogP contribution in [0.2, 0.25) is 5.02 Å². The molecule has 0 N–H and O–H groups in total. The highest BCUT2D eigenvalue weighted by molar-refractivity contribution is 6.30. The topological polar surface area (TPSA) is 30.2 Å². The fourth-order valence-corrected chi connectivity index (χ4v) is 1.52. The average molecular weight is 247 g/mol. The minimum Gasteiger partial charge on any atom is -0.458 e. The van der Waals surface area contributed by atoms with Gasteiger partial charge in [0, 0.05) is 5.02 Å². The smallest absolute Gasteiger partial charge is 0.221 e. The van der Waals surface area contributed by atoms with Crippen LogP contribution in [0.15, 0.2) is 46.9 Å². The van der Waals surface area contributed by atoms with Crippen molar-refractivity contribution in [1.29, 1.82) is 0 Å². The summed E-state index contributed by atoms with van der Waals surface area (Å²) < 4.78 is 5.23. The molecule has 2 aromatic rings. The Morgan fingerprint density at radius 3 is 2.47 bits per heavy atom. The van der Waals surface area contributed by atoms with Crippen molar-refractivity contribution >= 4 is 23.5 Å². The van der Waals surface area contributed by atoms with Gasteiger partial charge < -0.3 is 4.42 Å². The molecule has 0 bridgehead atoms. The quantitative estimate of drug-likeness (QED) is 0.602.